The van der Waals surface area contributed by atoms with Gasteiger partial charge in [-0.15, -0.1) is 0 Å². The van der Waals surface area contributed by atoms with E-state index in [2.05, 4.69) is 15.1 Å². The van der Waals surface area contributed by atoms with Crippen LogP contribution in [-0.4, -0.2) is 37.7 Å². The number of amides is 1. The van der Waals surface area contributed by atoms with Crippen LogP contribution in [0.2, 0.25) is 0 Å². The van der Waals surface area contributed by atoms with Crippen molar-refractivity contribution in [2.75, 3.05) is 0 Å². The number of hydrogen-bond acceptors (Lipinski definition) is 5. The number of alkyl halides is 3. The van der Waals surface area contributed by atoms with Gasteiger partial charge in [0.15, 0.2) is 5.65 Å². The molecule has 10 heteroatoms. The van der Waals surface area contributed by atoms with Crippen LogP contribution in [0.1, 0.15) is 34.4 Å². The Labute approximate surface area is 146 Å². The largest absolute Gasteiger partial charge is 0.440 e. The number of oxazole rings is 1. The molecule has 0 unspecified atom stereocenters. The second kappa shape index (κ2) is 6.11. The molecule has 0 saturated carbocycles. The van der Waals surface area contributed by atoms with Crippen LogP contribution in [0.15, 0.2) is 16.7 Å². The molecule has 7 nitrogen and oxygen atoms in total. The molecule has 138 valence electrons. The van der Waals surface area contributed by atoms with E-state index in [1.54, 1.807) is 26.8 Å². The van der Waals surface area contributed by atoms with Crippen molar-refractivity contribution in [2.45, 2.75) is 39.9 Å². The zero-order valence-electron chi connectivity index (χ0n) is 14.5. The fourth-order valence-electron chi connectivity index (χ4n) is 2.32. The van der Waals surface area contributed by atoms with Crippen molar-refractivity contribution in [3.63, 3.8) is 0 Å². The molecule has 1 N–H and O–H groups in total. The first-order chi connectivity index (χ1) is 12.1. The summed E-state index contributed by atoms with van der Waals surface area (Å²) in [6, 6.07) is -0.323. The van der Waals surface area contributed by atoms with Crippen LogP contribution >= 0.6 is 0 Å². The van der Waals surface area contributed by atoms with E-state index >= 15 is 0 Å². The van der Waals surface area contributed by atoms with Gasteiger partial charge in [0.25, 0.3) is 5.91 Å². The first-order valence-electron chi connectivity index (χ1n) is 7.75. The van der Waals surface area contributed by atoms with E-state index in [9.17, 15) is 18.0 Å². The van der Waals surface area contributed by atoms with E-state index in [1.807, 2.05) is 5.32 Å². The summed E-state index contributed by atoms with van der Waals surface area (Å²) < 4.78 is 45.0. The Kier molecular flexibility index (Phi) is 4.21. The van der Waals surface area contributed by atoms with Gasteiger partial charge in [0.1, 0.15) is 23.1 Å². The van der Waals surface area contributed by atoms with Crippen molar-refractivity contribution in [2.24, 2.45) is 0 Å². The molecular formula is C16H16F3N5O2. The van der Waals surface area contributed by atoms with Gasteiger partial charge in [0.05, 0.1) is 11.9 Å². The van der Waals surface area contributed by atoms with Crippen molar-refractivity contribution in [3.8, 4) is 11.6 Å². The Morgan fingerprint density at radius 3 is 2.54 bits per heavy atom. The van der Waals surface area contributed by atoms with Gasteiger partial charge in [-0.25, -0.2) is 14.5 Å². The van der Waals surface area contributed by atoms with Crippen LogP contribution in [0.25, 0.3) is 17.2 Å². The Hall–Kier alpha value is -2.91. The van der Waals surface area contributed by atoms with Gasteiger partial charge in [-0.2, -0.15) is 18.3 Å². The van der Waals surface area contributed by atoms with Crippen LogP contribution in [0.4, 0.5) is 13.2 Å². The first kappa shape index (κ1) is 17.9. The number of aromatic nitrogens is 4. The summed E-state index contributed by atoms with van der Waals surface area (Å²) in [5.74, 6) is -0.0136. The molecule has 26 heavy (non-hydrogen) atoms. The molecular weight excluding hydrogens is 351 g/mol. The highest BCUT2D eigenvalue weighted by Gasteiger charge is 2.37. The van der Waals surface area contributed by atoms with Crippen LogP contribution in [0, 0.1) is 20.8 Å². The second-order valence-corrected chi connectivity index (χ2v) is 5.97. The molecule has 3 heterocycles. The van der Waals surface area contributed by atoms with Crippen molar-refractivity contribution < 1.29 is 22.4 Å². The lowest BCUT2D eigenvalue weighted by Crippen LogP contribution is -2.43. The predicted octanol–water partition coefficient (Wildman–Crippen LogP) is 2.99. The number of fused-ring (bicyclic) bond motifs is 1. The maximum Gasteiger partial charge on any atom is 0.408 e. The molecule has 0 saturated heterocycles. The SMILES string of the molecule is Cc1nc(-c2cc(C)n3ncc(C(=O)N[C@H](C)C(F)(F)F)c3n2)oc1C. The summed E-state index contributed by atoms with van der Waals surface area (Å²) in [5.41, 5.74) is 1.75. The van der Waals surface area contributed by atoms with E-state index in [4.69, 9.17) is 4.42 Å². The fraction of sp³-hybridized carbons (Fsp3) is 0.375. The number of rotatable bonds is 3. The molecule has 0 aromatic carbocycles. The summed E-state index contributed by atoms with van der Waals surface area (Å²) in [5, 5.41) is 5.94. The second-order valence-electron chi connectivity index (χ2n) is 5.97. The lowest BCUT2D eigenvalue weighted by Gasteiger charge is -2.16. The quantitative estimate of drug-likeness (QED) is 0.769. The van der Waals surface area contributed by atoms with Gasteiger partial charge >= 0.3 is 6.18 Å². The summed E-state index contributed by atoms with van der Waals surface area (Å²) in [6.45, 7) is 6.14. The number of carbonyl (C=O) groups excluding carboxylic acids is 1. The lowest BCUT2D eigenvalue weighted by atomic mass is 10.2. The molecule has 3 aromatic rings. The number of nitrogens with one attached hydrogen (secondary N) is 1. The molecule has 0 aliphatic rings. The third-order valence-corrected chi connectivity index (χ3v) is 3.98. The van der Waals surface area contributed by atoms with Crippen molar-refractivity contribution in [3.05, 3.63) is 35.0 Å². The molecule has 0 spiro atoms. The molecule has 3 aromatic heterocycles. The van der Waals surface area contributed by atoms with E-state index in [0.29, 0.717) is 22.8 Å². The predicted molar refractivity (Wildman–Crippen MR) is 85.7 cm³/mol. The van der Waals surface area contributed by atoms with Crippen LogP contribution in [0.3, 0.4) is 0 Å². The van der Waals surface area contributed by atoms with Gasteiger partial charge in [0, 0.05) is 5.69 Å². The molecule has 1 amide bonds. The highest BCUT2D eigenvalue weighted by molar-refractivity contribution is 6.00. The number of nitrogens with zero attached hydrogens (tertiary/aromatic N) is 4. The van der Waals surface area contributed by atoms with Crippen LogP contribution in [-0.2, 0) is 0 Å². The normalized spacial score (nSPS) is 13.2. The zero-order chi connectivity index (χ0) is 19.2. The van der Waals surface area contributed by atoms with Gasteiger partial charge in [0.2, 0.25) is 5.89 Å². The first-order valence-corrected chi connectivity index (χ1v) is 7.75. The van der Waals surface area contributed by atoms with Crippen LogP contribution in [0.5, 0.6) is 0 Å². The summed E-state index contributed by atoms with van der Waals surface area (Å²) in [7, 11) is 0. The molecule has 3 rings (SSSR count). The van der Waals surface area contributed by atoms with Crippen molar-refractivity contribution in [1.29, 1.82) is 0 Å². The standard InChI is InChI=1S/C16H16F3N5O2/c1-7-5-12(15-21-8(2)9(3)26-15)23-13-11(6-20-24(7)13)14(25)22-10(4)16(17,18)19/h5-6,10H,1-4H3,(H,22,25)/t10-/m1/s1. The van der Waals surface area contributed by atoms with E-state index < -0.39 is 18.1 Å². The van der Waals surface area contributed by atoms with E-state index in [1.165, 1.54) is 10.7 Å². The van der Waals surface area contributed by atoms with Gasteiger partial charge in [-0.3, -0.25) is 4.79 Å². The lowest BCUT2D eigenvalue weighted by molar-refractivity contribution is -0.149. The summed E-state index contributed by atoms with van der Waals surface area (Å²) >= 11 is 0. The number of carbonyl (C=O) groups is 1. The monoisotopic (exact) mass is 367 g/mol. The minimum absolute atomic E-state index is 0.0638. The zero-order valence-corrected chi connectivity index (χ0v) is 14.5. The number of aryl methyl sites for hydroxylation is 3. The molecule has 0 bridgehead atoms. The average molecular weight is 367 g/mol. The third kappa shape index (κ3) is 3.14. The van der Waals surface area contributed by atoms with Gasteiger partial charge in [-0.05, 0) is 33.8 Å². The number of hydrogen-bond donors (Lipinski definition) is 1. The topological polar surface area (TPSA) is 85.3 Å². The molecule has 0 fully saturated rings. The summed E-state index contributed by atoms with van der Waals surface area (Å²) in [4.78, 5) is 20.8. The Bertz CT molecular complexity index is 970. The Balaban J connectivity index is 2.04. The fourth-order valence-corrected chi connectivity index (χ4v) is 2.32. The minimum atomic E-state index is -4.54. The Morgan fingerprint density at radius 1 is 1.27 bits per heavy atom. The number of halogens is 3. The van der Waals surface area contributed by atoms with E-state index in [0.717, 1.165) is 6.92 Å². The Morgan fingerprint density at radius 2 is 1.96 bits per heavy atom. The minimum Gasteiger partial charge on any atom is -0.440 e. The van der Waals surface area contributed by atoms with Gasteiger partial charge in [-0.1, -0.05) is 0 Å². The highest BCUT2D eigenvalue weighted by atomic mass is 19.4. The maximum atomic E-state index is 12.7. The third-order valence-electron chi connectivity index (χ3n) is 3.98. The van der Waals surface area contributed by atoms with E-state index in [-0.39, 0.29) is 17.1 Å². The highest BCUT2D eigenvalue weighted by Crippen LogP contribution is 2.23. The average Bonchev–Trinajstić information content (AvgIpc) is 3.10. The maximum absolute atomic E-state index is 12.7. The smallest absolute Gasteiger partial charge is 0.408 e. The molecule has 0 aliphatic carbocycles. The molecule has 0 aliphatic heterocycles. The van der Waals surface area contributed by atoms with Crippen molar-refractivity contribution in [1.82, 2.24) is 24.9 Å². The molecule has 1 atom stereocenters. The molecule has 0 radical (unpaired) electrons. The van der Waals surface area contributed by atoms with Crippen LogP contribution < -0.4 is 5.32 Å². The summed E-state index contributed by atoms with van der Waals surface area (Å²) in [6.07, 6.45) is -3.36. The van der Waals surface area contributed by atoms with Gasteiger partial charge < -0.3 is 9.73 Å². The van der Waals surface area contributed by atoms with Crippen molar-refractivity contribution >= 4 is 11.6 Å².